The van der Waals surface area contributed by atoms with Crippen molar-refractivity contribution in [2.24, 2.45) is 5.10 Å². The molecular formula is C25H33N5O3. The highest BCUT2D eigenvalue weighted by molar-refractivity contribution is 6.14. The summed E-state index contributed by atoms with van der Waals surface area (Å²) < 4.78 is 11.1. The van der Waals surface area contributed by atoms with E-state index in [1.165, 1.54) is 10.7 Å². The molecule has 2 aromatic carbocycles. The molecule has 33 heavy (non-hydrogen) atoms. The van der Waals surface area contributed by atoms with Crippen molar-refractivity contribution >= 4 is 17.4 Å². The molecule has 2 heterocycles. The number of likely N-dealkylation sites (N-methyl/N-ethyl adjacent to an activating group) is 1. The fourth-order valence-electron chi connectivity index (χ4n) is 4.44. The van der Waals surface area contributed by atoms with E-state index in [1.54, 1.807) is 21.3 Å². The Morgan fingerprint density at radius 3 is 2.27 bits per heavy atom. The summed E-state index contributed by atoms with van der Waals surface area (Å²) in [5.74, 6) is 1.31. The highest BCUT2D eigenvalue weighted by atomic mass is 16.5. The molecule has 2 aliphatic rings. The van der Waals surface area contributed by atoms with E-state index in [0.717, 1.165) is 48.6 Å². The van der Waals surface area contributed by atoms with Crippen LogP contribution in [0, 0.1) is 0 Å². The van der Waals surface area contributed by atoms with Crippen LogP contribution in [0.25, 0.3) is 0 Å². The molecule has 0 saturated carbocycles. The van der Waals surface area contributed by atoms with Gasteiger partial charge in [0.05, 0.1) is 26.0 Å². The zero-order valence-corrected chi connectivity index (χ0v) is 20.1. The Labute approximate surface area is 195 Å². The first-order valence-electron chi connectivity index (χ1n) is 11.3. The van der Waals surface area contributed by atoms with Crippen molar-refractivity contribution in [3.8, 4) is 11.5 Å². The summed E-state index contributed by atoms with van der Waals surface area (Å²) in [5, 5.41) is 9.09. The van der Waals surface area contributed by atoms with E-state index in [0.29, 0.717) is 17.9 Å². The second kappa shape index (κ2) is 9.70. The van der Waals surface area contributed by atoms with Crippen LogP contribution >= 0.6 is 0 Å². The molecule has 2 aromatic rings. The largest absolute Gasteiger partial charge is 0.493 e. The first-order chi connectivity index (χ1) is 15.9. The van der Waals surface area contributed by atoms with E-state index < -0.39 is 0 Å². The van der Waals surface area contributed by atoms with E-state index in [9.17, 15) is 4.79 Å². The quantitative estimate of drug-likeness (QED) is 0.774. The molecule has 4 rings (SSSR count). The molecule has 1 N–H and O–H groups in total. The van der Waals surface area contributed by atoms with E-state index in [4.69, 9.17) is 14.6 Å². The molecule has 0 unspecified atom stereocenters. The summed E-state index contributed by atoms with van der Waals surface area (Å²) in [6, 6.07) is 12.1. The molecule has 0 bridgehead atoms. The molecule has 1 fully saturated rings. The maximum atomic E-state index is 12.6. The zero-order chi connectivity index (χ0) is 23.5. The predicted octanol–water partition coefficient (Wildman–Crippen LogP) is 2.79. The molecule has 2 amide bonds. The number of hydrogen-bond donors (Lipinski definition) is 1. The van der Waals surface area contributed by atoms with Crippen LogP contribution < -0.4 is 19.7 Å². The number of fused-ring (bicyclic) bond motifs is 1. The van der Waals surface area contributed by atoms with Gasteiger partial charge in [-0.15, -0.1) is 0 Å². The van der Waals surface area contributed by atoms with Gasteiger partial charge < -0.3 is 24.6 Å². The number of anilines is 1. The van der Waals surface area contributed by atoms with Gasteiger partial charge in [-0.25, -0.2) is 9.80 Å². The van der Waals surface area contributed by atoms with E-state index in [1.807, 2.05) is 19.1 Å². The fourth-order valence-corrected chi connectivity index (χ4v) is 4.44. The van der Waals surface area contributed by atoms with Crippen molar-refractivity contribution in [2.75, 3.05) is 59.4 Å². The van der Waals surface area contributed by atoms with Gasteiger partial charge in [0.2, 0.25) is 0 Å². The number of nitrogens with one attached hydrogen (secondary N) is 1. The van der Waals surface area contributed by atoms with Crippen LogP contribution in [0.4, 0.5) is 10.5 Å². The van der Waals surface area contributed by atoms with Crippen molar-refractivity contribution in [1.29, 1.82) is 0 Å². The third-order valence-electron chi connectivity index (χ3n) is 6.44. The number of ether oxygens (including phenoxy) is 2. The van der Waals surface area contributed by atoms with Gasteiger partial charge in [0.15, 0.2) is 11.5 Å². The topological polar surface area (TPSA) is 69.6 Å². The standard InChI is InChI=1S/C25H33N5O3/c1-17-14-19-15-22(32-4)23(33-5)16-21(19)24(27-30(17)25(31)26-2)18-6-8-20(9-7-18)29-12-10-28(3)11-13-29/h6-9,15-17H,10-14H2,1-5H3,(H,26,31)/t17-/m0/s1. The second-order valence-corrected chi connectivity index (χ2v) is 8.60. The van der Waals surface area contributed by atoms with Gasteiger partial charge in [-0.1, -0.05) is 12.1 Å². The van der Waals surface area contributed by atoms with Gasteiger partial charge >= 0.3 is 6.03 Å². The summed E-state index contributed by atoms with van der Waals surface area (Å²) in [6.45, 7) is 6.14. The summed E-state index contributed by atoms with van der Waals surface area (Å²) >= 11 is 0. The monoisotopic (exact) mass is 451 g/mol. The molecule has 0 aromatic heterocycles. The molecule has 0 aliphatic carbocycles. The SMILES string of the molecule is CNC(=O)N1N=C(c2ccc(N3CCN(C)CC3)cc2)c2cc(OC)c(OC)cc2C[C@@H]1C. The highest BCUT2D eigenvalue weighted by Gasteiger charge is 2.28. The smallest absolute Gasteiger partial charge is 0.337 e. The summed E-state index contributed by atoms with van der Waals surface area (Å²) in [5.41, 5.74) is 4.89. The van der Waals surface area contributed by atoms with Crippen molar-refractivity contribution in [3.63, 3.8) is 0 Å². The first kappa shape index (κ1) is 22.9. The lowest BCUT2D eigenvalue weighted by molar-refractivity contribution is 0.184. The van der Waals surface area contributed by atoms with Gasteiger partial charge in [0.25, 0.3) is 0 Å². The molecule has 2 aliphatic heterocycles. The number of methoxy groups -OCH3 is 2. The zero-order valence-electron chi connectivity index (χ0n) is 20.1. The lowest BCUT2D eigenvalue weighted by atomic mass is 9.94. The van der Waals surface area contributed by atoms with Crippen molar-refractivity contribution in [1.82, 2.24) is 15.2 Å². The maximum absolute atomic E-state index is 12.6. The molecule has 176 valence electrons. The van der Waals surface area contributed by atoms with Crippen molar-refractivity contribution in [3.05, 3.63) is 53.1 Å². The van der Waals surface area contributed by atoms with Gasteiger partial charge in [-0.2, -0.15) is 5.10 Å². The summed E-state index contributed by atoms with van der Waals surface area (Å²) in [7, 11) is 7.04. The number of amides is 2. The molecule has 1 saturated heterocycles. The molecule has 0 spiro atoms. The van der Waals surface area contributed by atoms with Crippen LogP contribution in [0.2, 0.25) is 0 Å². The van der Waals surface area contributed by atoms with Gasteiger partial charge in [0, 0.05) is 50.0 Å². The minimum Gasteiger partial charge on any atom is -0.493 e. The molecular weight excluding hydrogens is 418 g/mol. The molecule has 1 atom stereocenters. The lowest BCUT2D eigenvalue weighted by Crippen LogP contribution is -2.44. The summed E-state index contributed by atoms with van der Waals surface area (Å²) in [6.07, 6.45) is 0.648. The van der Waals surface area contributed by atoms with Gasteiger partial charge in [0.1, 0.15) is 0 Å². The third-order valence-corrected chi connectivity index (χ3v) is 6.44. The Hall–Kier alpha value is -3.26. The van der Waals surface area contributed by atoms with E-state index in [-0.39, 0.29) is 12.1 Å². The highest BCUT2D eigenvalue weighted by Crippen LogP contribution is 2.35. The van der Waals surface area contributed by atoms with Crippen LogP contribution in [0.15, 0.2) is 41.5 Å². The number of carbonyl (C=O) groups excluding carboxylic acids is 1. The minimum atomic E-state index is -0.235. The number of urea groups is 1. The molecule has 8 nitrogen and oxygen atoms in total. The Morgan fingerprint density at radius 1 is 1.03 bits per heavy atom. The Kier molecular flexibility index (Phi) is 6.74. The number of rotatable bonds is 4. The summed E-state index contributed by atoms with van der Waals surface area (Å²) in [4.78, 5) is 17.4. The first-order valence-corrected chi connectivity index (χ1v) is 11.3. The Balaban J connectivity index is 1.77. The number of benzene rings is 2. The minimum absolute atomic E-state index is 0.121. The van der Waals surface area contributed by atoms with E-state index >= 15 is 0 Å². The third kappa shape index (κ3) is 4.61. The number of hydrogen-bond acceptors (Lipinski definition) is 6. The number of piperazine rings is 1. The number of nitrogens with zero attached hydrogens (tertiary/aromatic N) is 4. The number of hydrazone groups is 1. The predicted molar refractivity (Wildman–Crippen MR) is 131 cm³/mol. The van der Waals surface area contributed by atoms with Crippen LogP contribution in [0.1, 0.15) is 23.6 Å². The lowest BCUT2D eigenvalue weighted by Gasteiger charge is -2.34. The van der Waals surface area contributed by atoms with Crippen LogP contribution in [-0.2, 0) is 6.42 Å². The van der Waals surface area contributed by atoms with Crippen LogP contribution in [0.5, 0.6) is 11.5 Å². The second-order valence-electron chi connectivity index (χ2n) is 8.60. The Morgan fingerprint density at radius 2 is 1.67 bits per heavy atom. The van der Waals surface area contributed by atoms with Crippen LogP contribution in [-0.4, -0.2) is 82.2 Å². The van der Waals surface area contributed by atoms with Crippen molar-refractivity contribution < 1.29 is 14.3 Å². The van der Waals surface area contributed by atoms with Crippen molar-refractivity contribution in [2.45, 2.75) is 19.4 Å². The maximum Gasteiger partial charge on any atom is 0.337 e. The number of carbonyl (C=O) groups is 1. The van der Waals surface area contributed by atoms with E-state index in [2.05, 4.69) is 46.4 Å². The fraction of sp³-hybridized carbons (Fsp3) is 0.440. The molecule has 0 radical (unpaired) electrons. The normalized spacial score (nSPS) is 18.8. The average molecular weight is 452 g/mol. The van der Waals surface area contributed by atoms with Crippen LogP contribution in [0.3, 0.4) is 0 Å². The molecule has 8 heteroatoms. The van der Waals surface area contributed by atoms with Gasteiger partial charge in [-0.05, 0) is 50.2 Å². The van der Waals surface area contributed by atoms with Gasteiger partial charge in [-0.3, -0.25) is 0 Å². The Bertz CT molecular complexity index is 1030. The average Bonchev–Trinajstić information content (AvgIpc) is 2.98.